The summed E-state index contributed by atoms with van der Waals surface area (Å²) in [5.74, 6) is 2.73. The fraction of sp³-hybridized carbons (Fsp3) is 0.846. The first-order valence-electron chi connectivity index (χ1n) is 6.84. The number of aryl methyl sites for hydroxylation is 1. The number of rotatable bonds is 6. The van der Waals surface area contributed by atoms with Gasteiger partial charge in [0.05, 0.1) is 0 Å². The fourth-order valence-corrected chi connectivity index (χ4v) is 2.90. The van der Waals surface area contributed by atoms with Crippen molar-refractivity contribution in [3.63, 3.8) is 0 Å². The van der Waals surface area contributed by atoms with Crippen LogP contribution in [0.2, 0.25) is 0 Å². The zero-order valence-electron chi connectivity index (χ0n) is 11.0. The first-order valence-corrected chi connectivity index (χ1v) is 6.84. The van der Waals surface area contributed by atoms with E-state index in [0.29, 0.717) is 0 Å². The average Bonchev–Trinajstić information content (AvgIpc) is 2.96. The summed E-state index contributed by atoms with van der Waals surface area (Å²) < 4.78 is 1.91. The molecule has 96 valence electrons. The van der Waals surface area contributed by atoms with Gasteiger partial charge >= 0.3 is 0 Å². The molecule has 0 aromatic carbocycles. The molecule has 1 heterocycles. The molecular weight excluding hydrogens is 212 g/mol. The van der Waals surface area contributed by atoms with Crippen molar-refractivity contribution in [1.82, 2.24) is 20.1 Å². The lowest BCUT2D eigenvalue weighted by molar-refractivity contribution is 0.315. The van der Waals surface area contributed by atoms with Gasteiger partial charge in [-0.15, -0.1) is 0 Å². The standard InChI is InChI=1S/C13H24N4/c1-3-14-9-12(11-6-4-5-7-11)8-13-15-10-16-17(13)2/h10-12,14H,3-9H2,1-2H3. The van der Waals surface area contributed by atoms with Crippen LogP contribution in [0.1, 0.15) is 38.4 Å². The van der Waals surface area contributed by atoms with E-state index < -0.39 is 0 Å². The summed E-state index contributed by atoms with van der Waals surface area (Å²) in [6, 6.07) is 0. The Hall–Kier alpha value is -0.900. The van der Waals surface area contributed by atoms with Gasteiger partial charge in [-0.3, -0.25) is 4.68 Å². The molecule has 0 radical (unpaired) electrons. The van der Waals surface area contributed by atoms with E-state index in [1.165, 1.54) is 25.7 Å². The van der Waals surface area contributed by atoms with E-state index in [2.05, 4.69) is 22.3 Å². The lowest BCUT2D eigenvalue weighted by Gasteiger charge is -2.23. The predicted octanol–water partition coefficient (Wildman–Crippen LogP) is 1.77. The van der Waals surface area contributed by atoms with Crippen LogP contribution in [-0.4, -0.2) is 27.9 Å². The van der Waals surface area contributed by atoms with Gasteiger partial charge in [0.1, 0.15) is 12.2 Å². The first kappa shape index (κ1) is 12.6. The molecule has 1 aromatic rings. The lowest BCUT2D eigenvalue weighted by atomic mass is 9.87. The van der Waals surface area contributed by atoms with Gasteiger partial charge in [0, 0.05) is 13.5 Å². The van der Waals surface area contributed by atoms with Crippen LogP contribution in [0.3, 0.4) is 0 Å². The van der Waals surface area contributed by atoms with Gasteiger partial charge in [-0.05, 0) is 24.9 Å². The third kappa shape index (κ3) is 3.28. The summed E-state index contributed by atoms with van der Waals surface area (Å²) in [5, 5.41) is 7.66. The van der Waals surface area contributed by atoms with Crippen LogP contribution in [0.25, 0.3) is 0 Å². The van der Waals surface area contributed by atoms with Crippen LogP contribution in [0.4, 0.5) is 0 Å². The highest BCUT2D eigenvalue weighted by Gasteiger charge is 2.25. The van der Waals surface area contributed by atoms with E-state index >= 15 is 0 Å². The van der Waals surface area contributed by atoms with Crippen molar-refractivity contribution in [3.8, 4) is 0 Å². The monoisotopic (exact) mass is 236 g/mol. The molecule has 1 unspecified atom stereocenters. The number of hydrogen-bond acceptors (Lipinski definition) is 3. The van der Waals surface area contributed by atoms with Crippen LogP contribution < -0.4 is 5.32 Å². The largest absolute Gasteiger partial charge is 0.317 e. The van der Waals surface area contributed by atoms with Crippen molar-refractivity contribution in [3.05, 3.63) is 12.2 Å². The van der Waals surface area contributed by atoms with Crippen molar-refractivity contribution < 1.29 is 0 Å². The highest BCUT2D eigenvalue weighted by molar-refractivity contribution is 4.90. The molecule has 4 heteroatoms. The summed E-state index contributed by atoms with van der Waals surface area (Å²) in [5.41, 5.74) is 0. The Bertz CT molecular complexity index is 328. The van der Waals surface area contributed by atoms with E-state index in [0.717, 1.165) is 37.2 Å². The molecule has 2 rings (SSSR count). The molecule has 1 fully saturated rings. The van der Waals surface area contributed by atoms with Crippen molar-refractivity contribution in [2.45, 2.75) is 39.0 Å². The maximum atomic E-state index is 4.36. The topological polar surface area (TPSA) is 42.7 Å². The van der Waals surface area contributed by atoms with Gasteiger partial charge in [-0.25, -0.2) is 4.98 Å². The van der Waals surface area contributed by atoms with Crippen LogP contribution in [-0.2, 0) is 13.5 Å². The zero-order valence-corrected chi connectivity index (χ0v) is 11.0. The third-order valence-electron chi connectivity index (χ3n) is 3.97. The summed E-state index contributed by atoms with van der Waals surface area (Å²) in [6.45, 7) is 4.35. The van der Waals surface area contributed by atoms with Crippen molar-refractivity contribution >= 4 is 0 Å². The summed E-state index contributed by atoms with van der Waals surface area (Å²) in [6.07, 6.45) is 8.34. The third-order valence-corrected chi connectivity index (χ3v) is 3.97. The maximum Gasteiger partial charge on any atom is 0.138 e. The molecule has 1 saturated carbocycles. The smallest absolute Gasteiger partial charge is 0.138 e. The SMILES string of the molecule is CCNCC(Cc1ncnn1C)C1CCCC1. The Labute approximate surface area is 104 Å². The van der Waals surface area contributed by atoms with Crippen LogP contribution in [0, 0.1) is 11.8 Å². The molecule has 4 nitrogen and oxygen atoms in total. The fourth-order valence-electron chi connectivity index (χ4n) is 2.90. The Kier molecular flexibility index (Phi) is 4.54. The second kappa shape index (κ2) is 6.15. The molecule has 0 saturated heterocycles. The van der Waals surface area contributed by atoms with E-state index in [9.17, 15) is 0 Å². The Morgan fingerprint density at radius 2 is 2.24 bits per heavy atom. The Morgan fingerprint density at radius 1 is 1.47 bits per heavy atom. The van der Waals surface area contributed by atoms with Crippen molar-refractivity contribution in [2.24, 2.45) is 18.9 Å². The van der Waals surface area contributed by atoms with E-state index in [-0.39, 0.29) is 0 Å². The number of aromatic nitrogens is 3. The molecule has 1 aromatic heterocycles. The van der Waals surface area contributed by atoms with E-state index in [1.807, 2.05) is 11.7 Å². The molecule has 0 spiro atoms. The normalized spacial score (nSPS) is 18.7. The number of nitrogens with one attached hydrogen (secondary N) is 1. The molecule has 17 heavy (non-hydrogen) atoms. The molecule has 1 atom stereocenters. The predicted molar refractivity (Wildman–Crippen MR) is 68.7 cm³/mol. The lowest BCUT2D eigenvalue weighted by Crippen LogP contribution is -2.29. The molecule has 1 aliphatic rings. The first-order chi connectivity index (χ1) is 8.31. The number of hydrogen-bond donors (Lipinski definition) is 1. The minimum Gasteiger partial charge on any atom is -0.317 e. The molecule has 1 aliphatic carbocycles. The molecule has 1 N–H and O–H groups in total. The van der Waals surface area contributed by atoms with Crippen LogP contribution >= 0.6 is 0 Å². The highest BCUT2D eigenvalue weighted by Crippen LogP contribution is 2.32. The second-order valence-corrected chi connectivity index (χ2v) is 5.12. The van der Waals surface area contributed by atoms with Crippen molar-refractivity contribution in [2.75, 3.05) is 13.1 Å². The van der Waals surface area contributed by atoms with Gasteiger partial charge in [0.2, 0.25) is 0 Å². The minimum atomic E-state index is 0.723. The molecule has 0 amide bonds. The van der Waals surface area contributed by atoms with Gasteiger partial charge in [-0.1, -0.05) is 32.6 Å². The van der Waals surface area contributed by atoms with Crippen LogP contribution in [0.5, 0.6) is 0 Å². The molecule has 0 bridgehead atoms. The quantitative estimate of drug-likeness (QED) is 0.818. The van der Waals surface area contributed by atoms with Gasteiger partial charge in [-0.2, -0.15) is 5.10 Å². The van der Waals surface area contributed by atoms with Gasteiger partial charge in [0.15, 0.2) is 0 Å². The average molecular weight is 236 g/mol. The van der Waals surface area contributed by atoms with Gasteiger partial charge < -0.3 is 5.32 Å². The van der Waals surface area contributed by atoms with E-state index in [4.69, 9.17) is 0 Å². The summed E-state index contributed by atoms with van der Waals surface area (Å²) >= 11 is 0. The second-order valence-electron chi connectivity index (χ2n) is 5.12. The highest BCUT2D eigenvalue weighted by atomic mass is 15.3. The Morgan fingerprint density at radius 3 is 2.82 bits per heavy atom. The van der Waals surface area contributed by atoms with Crippen LogP contribution in [0.15, 0.2) is 6.33 Å². The Balaban J connectivity index is 1.97. The minimum absolute atomic E-state index is 0.723. The maximum absolute atomic E-state index is 4.36. The number of nitrogens with zero attached hydrogens (tertiary/aromatic N) is 3. The zero-order chi connectivity index (χ0) is 12.1. The molecule has 0 aliphatic heterocycles. The van der Waals surface area contributed by atoms with Gasteiger partial charge in [0.25, 0.3) is 0 Å². The van der Waals surface area contributed by atoms with Crippen molar-refractivity contribution in [1.29, 1.82) is 0 Å². The molecular formula is C13H24N4. The summed E-state index contributed by atoms with van der Waals surface area (Å²) in [7, 11) is 1.99. The summed E-state index contributed by atoms with van der Waals surface area (Å²) in [4.78, 5) is 4.36. The van der Waals surface area contributed by atoms with E-state index in [1.54, 1.807) is 6.33 Å².